The Morgan fingerprint density at radius 3 is 2.76 bits per heavy atom. The van der Waals surface area contributed by atoms with Gasteiger partial charge < -0.3 is 10.2 Å². The second kappa shape index (κ2) is 6.83. The van der Waals surface area contributed by atoms with Crippen LogP contribution in [0.2, 0.25) is 0 Å². The second-order valence-corrected chi connectivity index (χ2v) is 7.12. The lowest BCUT2D eigenvalue weighted by molar-refractivity contribution is 0.337. The third-order valence-corrected chi connectivity index (χ3v) is 5.54. The molecule has 3 rings (SSSR count). The van der Waals surface area contributed by atoms with Crippen LogP contribution in [-0.2, 0) is 6.54 Å². The van der Waals surface area contributed by atoms with Gasteiger partial charge in [0.25, 0.3) is 0 Å². The summed E-state index contributed by atoms with van der Waals surface area (Å²) in [6, 6.07) is 8.90. The summed E-state index contributed by atoms with van der Waals surface area (Å²) in [5, 5.41) is 3.54. The van der Waals surface area contributed by atoms with Crippen LogP contribution in [0.3, 0.4) is 0 Å². The average Bonchev–Trinajstić information content (AvgIpc) is 3.10. The lowest BCUT2D eigenvalue weighted by Gasteiger charge is -2.30. The van der Waals surface area contributed by atoms with Crippen molar-refractivity contribution < 1.29 is 0 Å². The van der Waals surface area contributed by atoms with E-state index in [1.54, 1.807) is 0 Å². The van der Waals surface area contributed by atoms with Crippen LogP contribution in [-0.4, -0.2) is 20.1 Å². The Balaban J connectivity index is 1.62. The molecule has 0 aliphatic heterocycles. The van der Waals surface area contributed by atoms with Crippen molar-refractivity contribution in [2.24, 2.45) is 17.8 Å². The van der Waals surface area contributed by atoms with E-state index in [0.717, 1.165) is 30.8 Å². The highest BCUT2D eigenvalue weighted by atomic mass is 15.1. The van der Waals surface area contributed by atoms with E-state index < -0.39 is 0 Å². The van der Waals surface area contributed by atoms with Gasteiger partial charge in [-0.25, -0.2) is 0 Å². The predicted octanol–water partition coefficient (Wildman–Crippen LogP) is 4.06. The molecule has 3 atom stereocenters. The molecule has 0 spiro atoms. The Morgan fingerprint density at radius 1 is 1.19 bits per heavy atom. The third kappa shape index (κ3) is 3.42. The number of nitrogens with one attached hydrogen (secondary N) is 1. The minimum atomic E-state index is 0.936. The number of benzene rings is 1. The third-order valence-electron chi connectivity index (χ3n) is 5.54. The molecule has 2 bridgehead atoms. The van der Waals surface area contributed by atoms with Crippen molar-refractivity contribution in [3.05, 3.63) is 29.8 Å². The van der Waals surface area contributed by atoms with Crippen LogP contribution in [0.5, 0.6) is 0 Å². The predicted molar refractivity (Wildman–Crippen MR) is 90.6 cm³/mol. The molecular weight excluding hydrogens is 256 g/mol. The lowest BCUT2D eigenvalue weighted by Crippen LogP contribution is -2.29. The number of hydrogen-bond acceptors (Lipinski definition) is 2. The van der Waals surface area contributed by atoms with Gasteiger partial charge in [-0.2, -0.15) is 0 Å². The Hall–Kier alpha value is -1.02. The molecule has 2 fully saturated rings. The topological polar surface area (TPSA) is 15.3 Å². The van der Waals surface area contributed by atoms with E-state index in [-0.39, 0.29) is 0 Å². The summed E-state index contributed by atoms with van der Waals surface area (Å²) in [4.78, 5) is 2.51. The first-order valence-electron chi connectivity index (χ1n) is 8.77. The van der Waals surface area contributed by atoms with Crippen LogP contribution in [0, 0.1) is 17.8 Å². The number of anilines is 1. The van der Waals surface area contributed by atoms with Crippen molar-refractivity contribution in [1.29, 1.82) is 0 Å². The zero-order valence-electron chi connectivity index (χ0n) is 13.6. The monoisotopic (exact) mass is 286 g/mol. The van der Waals surface area contributed by atoms with Gasteiger partial charge in [-0.1, -0.05) is 31.5 Å². The summed E-state index contributed by atoms with van der Waals surface area (Å²) >= 11 is 0. The highest BCUT2D eigenvalue weighted by Crippen LogP contribution is 2.48. The minimum Gasteiger partial charge on any atom is -0.374 e. The molecule has 0 amide bonds. The molecule has 2 nitrogen and oxygen atoms in total. The molecule has 21 heavy (non-hydrogen) atoms. The SMILES string of the molecule is CCCNCc1ccccc1N(C)CC1CC2CCC1C2. The molecule has 0 heterocycles. The van der Waals surface area contributed by atoms with Crippen molar-refractivity contribution >= 4 is 5.69 Å². The molecule has 2 heteroatoms. The number of hydrogen-bond donors (Lipinski definition) is 1. The first kappa shape index (κ1) is 14.9. The Labute approximate surface area is 129 Å². The van der Waals surface area contributed by atoms with Gasteiger partial charge in [0, 0.05) is 25.8 Å². The standard InChI is InChI=1S/C19H30N2/c1-3-10-20-13-17-6-4-5-7-19(17)21(2)14-18-12-15-8-9-16(18)11-15/h4-7,15-16,18,20H,3,8-14H2,1-2H3. The van der Waals surface area contributed by atoms with E-state index in [4.69, 9.17) is 0 Å². The molecule has 3 unspecified atom stereocenters. The molecule has 116 valence electrons. The van der Waals surface area contributed by atoms with Crippen LogP contribution in [0.25, 0.3) is 0 Å². The van der Waals surface area contributed by atoms with Crippen molar-refractivity contribution in [1.82, 2.24) is 5.32 Å². The molecular formula is C19H30N2. The van der Waals surface area contributed by atoms with Crippen LogP contribution >= 0.6 is 0 Å². The van der Waals surface area contributed by atoms with Crippen molar-refractivity contribution in [2.75, 3.05) is 25.0 Å². The van der Waals surface area contributed by atoms with Gasteiger partial charge in [-0.05, 0) is 61.6 Å². The zero-order chi connectivity index (χ0) is 14.7. The van der Waals surface area contributed by atoms with E-state index in [9.17, 15) is 0 Å². The largest absolute Gasteiger partial charge is 0.374 e. The Bertz CT molecular complexity index is 457. The van der Waals surface area contributed by atoms with Crippen LogP contribution in [0.15, 0.2) is 24.3 Å². The molecule has 0 aromatic heterocycles. The average molecular weight is 286 g/mol. The van der Waals surface area contributed by atoms with Crippen molar-refractivity contribution in [2.45, 2.75) is 45.6 Å². The molecule has 1 aromatic rings. The first-order valence-corrected chi connectivity index (χ1v) is 8.77. The van der Waals surface area contributed by atoms with Gasteiger partial charge in [-0.15, -0.1) is 0 Å². The fourth-order valence-electron chi connectivity index (χ4n) is 4.48. The van der Waals surface area contributed by atoms with Crippen LogP contribution in [0.1, 0.15) is 44.6 Å². The van der Waals surface area contributed by atoms with Gasteiger partial charge in [0.1, 0.15) is 0 Å². The summed E-state index contributed by atoms with van der Waals surface area (Å²) in [7, 11) is 2.28. The highest BCUT2D eigenvalue weighted by molar-refractivity contribution is 5.53. The number of rotatable bonds is 7. The van der Waals surface area contributed by atoms with Crippen molar-refractivity contribution in [3.63, 3.8) is 0 Å². The molecule has 1 N–H and O–H groups in total. The molecule has 0 radical (unpaired) electrons. The quantitative estimate of drug-likeness (QED) is 0.760. The zero-order valence-corrected chi connectivity index (χ0v) is 13.6. The van der Waals surface area contributed by atoms with Crippen LogP contribution < -0.4 is 10.2 Å². The summed E-state index contributed by atoms with van der Waals surface area (Å²) in [5.74, 6) is 3.00. The van der Waals surface area contributed by atoms with Gasteiger partial charge in [-0.3, -0.25) is 0 Å². The molecule has 2 aliphatic carbocycles. The normalized spacial score (nSPS) is 27.2. The summed E-state index contributed by atoms with van der Waals surface area (Å²) < 4.78 is 0. The minimum absolute atomic E-state index is 0.936. The summed E-state index contributed by atoms with van der Waals surface area (Å²) in [5.41, 5.74) is 2.86. The van der Waals surface area contributed by atoms with Gasteiger partial charge >= 0.3 is 0 Å². The number of fused-ring (bicyclic) bond motifs is 2. The number of nitrogens with zero attached hydrogens (tertiary/aromatic N) is 1. The molecule has 2 aliphatic rings. The Morgan fingerprint density at radius 2 is 2.05 bits per heavy atom. The lowest BCUT2D eigenvalue weighted by atomic mass is 9.88. The molecule has 2 saturated carbocycles. The number of para-hydroxylation sites is 1. The van der Waals surface area contributed by atoms with E-state index in [1.807, 2.05) is 0 Å². The second-order valence-electron chi connectivity index (χ2n) is 7.12. The van der Waals surface area contributed by atoms with Gasteiger partial charge in [0.05, 0.1) is 0 Å². The fraction of sp³-hybridized carbons (Fsp3) is 0.684. The first-order chi connectivity index (χ1) is 10.3. The molecule has 0 saturated heterocycles. The van der Waals surface area contributed by atoms with E-state index in [1.165, 1.54) is 49.9 Å². The fourth-order valence-corrected chi connectivity index (χ4v) is 4.48. The Kier molecular flexibility index (Phi) is 4.84. The van der Waals surface area contributed by atoms with Gasteiger partial charge in [0.15, 0.2) is 0 Å². The summed E-state index contributed by atoms with van der Waals surface area (Å²) in [6.07, 6.45) is 7.18. The van der Waals surface area contributed by atoms with Crippen molar-refractivity contribution in [3.8, 4) is 0 Å². The highest BCUT2D eigenvalue weighted by Gasteiger charge is 2.39. The maximum absolute atomic E-state index is 3.54. The summed E-state index contributed by atoms with van der Waals surface area (Å²) in [6.45, 7) is 5.56. The van der Waals surface area contributed by atoms with Gasteiger partial charge in [0.2, 0.25) is 0 Å². The maximum atomic E-state index is 3.54. The van der Waals surface area contributed by atoms with Crippen LogP contribution in [0.4, 0.5) is 5.69 Å². The maximum Gasteiger partial charge on any atom is 0.0409 e. The van der Waals surface area contributed by atoms with E-state index in [2.05, 4.69) is 48.5 Å². The smallest absolute Gasteiger partial charge is 0.0409 e. The van der Waals surface area contributed by atoms with E-state index >= 15 is 0 Å². The molecule has 1 aromatic carbocycles. The van der Waals surface area contributed by atoms with E-state index in [0.29, 0.717) is 0 Å².